The van der Waals surface area contributed by atoms with Crippen LogP contribution in [-0.2, 0) is 32.7 Å². The van der Waals surface area contributed by atoms with E-state index in [1.54, 1.807) is 11.4 Å². The first-order valence-corrected chi connectivity index (χ1v) is 3.35. The molecule has 0 aliphatic rings. The summed E-state index contributed by atoms with van der Waals surface area (Å²) in [6, 6.07) is 0. The molecule has 23 valence electrons. The van der Waals surface area contributed by atoms with Gasteiger partial charge in [0.25, 0.3) is 0 Å². The van der Waals surface area contributed by atoms with Gasteiger partial charge in [0.2, 0.25) is 0 Å². The van der Waals surface area contributed by atoms with Gasteiger partial charge in [0, 0.05) is 32.7 Å². The largest absolute Gasteiger partial charge is 0.144 e. The van der Waals surface area contributed by atoms with Crippen LogP contribution in [0.4, 0.5) is 0 Å². The maximum absolute atomic E-state index is 2.50. The molecule has 0 saturated heterocycles. The number of hydrogen-bond acceptors (Lipinski definition) is 1. The fourth-order valence-corrected chi connectivity index (χ4v) is 0. The van der Waals surface area contributed by atoms with E-state index in [-0.39, 0.29) is 32.7 Å². The molecule has 0 nitrogen and oxygen atoms in total. The van der Waals surface area contributed by atoms with E-state index in [4.69, 9.17) is 0 Å². The Morgan fingerprint density at radius 1 is 1.75 bits per heavy atom. The van der Waals surface area contributed by atoms with Gasteiger partial charge in [-0.15, -0.1) is 11.4 Å². The van der Waals surface area contributed by atoms with Gasteiger partial charge in [0.05, 0.1) is 0 Å². The second kappa shape index (κ2) is 8.86. The molecule has 0 fully saturated rings. The zero-order valence-corrected chi connectivity index (χ0v) is 7.37. The third-order valence-electron chi connectivity index (χ3n) is 0. The van der Waals surface area contributed by atoms with Crippen molar-refractivity contribution in [2.45, 2.75) is 0 Å². The van der Waals surface area contributed by atoms with Crippen molar-refractivity contribution in [3.05, 3.63) is 0 Å². The van der Waals surface area contributed by atoms with Crippen LogP contribution in [0.15, 0.2) is 0 Å². The minimum atomic E-state index is 0. The van der Waals surface area contributed by atoms with E-state index < -0.39 is 0 Å². The Hall–Kier alpha value is 1.88. The Morgan fingerprint density at radius 2 is 1.75 bits per heavy atom. The molecule has 0 bridgehead atoms. The van der Waals surface area contributed by atoms with Gasteiger partial charge in [-0.3, -0.25) is 0 Å². The first-order valence-electron chi connectivity index (χ1n) is 0.644. The zero-order valence-electron chi connectivity index (χ0n) is 2.56. The van der Waals surface area contributed by atoms with Crippen molar-refractivity contribution in [1.82, 2.24) is 0 Å². The quantitative estimate of drug-likeness (QED) is 0.490. The minimum absolute atomic E-state index is 0. The van der Waals surface area contributed by atoms with Gasteiger partial charge in [-0.2, -0.15) is 0 Å². The van der Waals surface area contributed by atoms with Crippen molar-refractivity contribution in [2.75, 3.05) is 6.26 Å². The molecule has 3 heteroatoms. The average Bonchev–Trinajstić information content (AvgIpc) is 0.918. The van der Waals surface area contributed by atoms with Gasteiger partial charge >= 0.3 is 0 Å². The predicted octanol–water partition coefficient (Wildman–Crippen LogP) is 1.14. The van der Waals surface area contributed by atoms with Gasteiger partial charge in [0.15, 0.2) is 0 Å². The van der Waals surface area contributed by atoms with Crippen molar-refractivity contribution in [3.63, 3.8) is 0 Å². The van der Waals surface area contributed by atoms with Crippen molar-refractivity contribution in [2.24, 2.45) is 0 Å². The van der Waals surface area contributed by atoms with Crippen molar-refractivity contribution in [1.29, 1.82) is 0 Å². The molecule has 0 aliphatic carbocycles. The summed E-state index contributed by atoms with van der Waals surface area (Å²) in [7, 11) is 2.50. The molecule has 0 aromatic heterocycles. The van der Waals surface area contributed by atoms with Crippen LogP contribution in [0, 0.1) is 0 Å². The molecule has 0 rings (SSSR count). The average molecular weight is 169 g/mol. The van der Waals surface area contributed by atoms with Gasteiger partial charge in [-0.25, -0.2) is 0 Å². The van der Waals surface area contributed by atoms with Crippen LogP contribution in [0.3, 0.4) is 0 Å². The number of hydrogen-bond donors (Lipinski definition) is 0. The summed E-state index contributed by atoms with van der Waals surface area (Å²) >= 11 is 1.67. The SMILES string of the molecule is CSP.[Y]. The molecule has 1 unspecified atom stereocenters. The van der Waals surface area contributed by atoms with E-state index in [2.05, 4.69) is 8.44 Å². The Morgan fingerprint density at radius 3 is 1.75 bits per heavy atom. The Bertz CT molecular complexity index is 8.00. The first-order chi connectivity index (χ1) is 1.41. The Kier molecular flexibility index (Phi) is 20.6. The van der Waals surface area contributed by atoms with Gasteiger partial charge in [-0.05, 0) is 6.26 Å². The summed E-state index contributed by atoms with van der Waals surface area (Å²) in [6.45, 7) is 0. The monoisotopic (exact) mass is 169 g/mol. The van der Waals surface area contributed by atoms with Crippen LogP contribution in [0.5, 0.6) is 0 Å². The fraction of sp³-hybridized carbons (Fsp3) is 1.00. The van der Waals surface area contributed by atoms with E-state index in [9.17, 15) is 0 Å². The van der Waals surface area contributed by atoms with E-state index in [0.717, 1.165) is 0 Å². The smallest absolute Gasteiger partial charge is 0 e. The van der Waals surface area contributed by atoms with Crippen LogP contribution >= 0.6 is 19.8 Å². The van der Waals surface area contributed by atoms with E-state index in [1.165, 1.54) is 0 Å². The third-order valence-corrected chi connectivity index (χ3v) is 0. The standard InChI is InChI=1S/CH5PS.Y/c1-3-2;/h2H2,1H3;. The van der Waals surface area contributed by atoms with Crippen molar-refractivity contribution in [3.8, 4) is 0 Å². The molecule has 0 spiro atoms. The summed E-state index contributed by atoms with van der Waals surface area (Å²) in [6.07, 6.45) is 2.00. The predicted molar refractivity (Wildman–Crippen MR) is 23.2 cm³/mol. The fourth-order valence-electron chi connectivity index (χ4n) is 0. The molecule has 1 radical (unpaired) electrons. The summed E-state index contributed by atoms with van der Waals surface area (Å²) in [5.74, 6) is 0. The van der Waals surface area contributed by atoms with Gasteiger partial charge in [0.1, 0.15) is 0 Å². The molecule has 0 aliphatic heterocycles. The molecule has 1 atom stereocenters. The van der Waals surface area contributed by atoms with Crippen LogP contribution < -0.4 is 0 Å². The molecule has 0 aromatic rings. The summed E-state index contributed by atoms with van der Waals surface area (Å²) < 4.78 is 0. The van der Waals surface area contributed by atoms with Crippen LogP contribution in [0.25, 0.3) is 0 Å². The van der Waals surface area contributed by atoms with Crippen molar-refractivity contribution >= 4 is 19.8 Å². The summed E-state index contributed by atoms with van der Waals surface area (Å²) in [5.41, 5.74) is 0. The molecular weight excluding hydrogens is 164 g/mol. The second-order valence-electron chi connectivity index (χ2n) is 0.236. The molecule has 0 aromatic carbocycles. The van der Waals surface area contributed by atoms with Crippen LogP contribution in [0.2, 0.25) is 0 Å². The van der Waals surface area contributed by atoms with E-state index in [1.807, 2.05) is 6.26 Å². The minimum Gasteiger partial charge on any atom is -0.144 e. The van der Waals surface area contributed by atoms with E-state index in [0.29, 0.717) is 0 Å². The second-order valence-corrected chi connectivity index (χ2v) is 2.12. The summed E-state index contributed by atoms with van der Waals surface area (Å²) in [4.78, 5) is 0. The number of rotatable bonds is 0. The summed E-state index contributed by atoms with van der Waals surface area (Å²) in [5, 5.41) is 0. The first kappa shape index (κ1) is 9.30. The zero-order chi connectivity index (χ0) is 2.71. The Labute approximate surface area is 58.3 Å². The molecule has 0 amide bonds. The maximum Gasteiger partial charge on any atom is 0 e. The van der Waals surface area contributed by atoms with E-state index >= 15 is 0 Å². The van der Waals surface area contributed by atoms with Crippen molar-refractivity contribution < 1.29 is 32.7 Å². The van der Waals surface area contributed by atoms with Crippen LogP contribution in [0.1, 0.15) is 0 Å². The third kappa shape index (κ3) is 9.10. The molecule has 0 heterocycles. The Balaban J connectivity index is 0. The normalized spacial score (nSPS) is 4.50. The van der Waals surface area contributed by atoms with Crippen LogP contribution in [-0.4, -0.2) is 6.26 Å². The molecule has 4 heavy (non-hydrogen) atoms. The van der Waals surface area contributed by atoms with Gasteiger partial charge in [-0.1, -0.05) is 8.44 Å². The maximum atomic E-state index is 2.50. The molecule has 0 N–H and O–H groups in total. The molecule has 0 saturated carbocycles. The van der Waals surface area contributed by atoms with Gasteiger partial charge < -0.3 is 0 Å². The molecular formula is CH5PSY. The topological polar surface area (TPSA) is 0 Å².